The minimum Gasteiger partial charge on any atom is -0.393 e. The van der Waals surface area contributed by atoms with Crippen molar-refractivity contribution in [3.8, 4) is 17.3 Å². The van der Waals surface area contributed by atoms with Gasteiger partial charge in [0.15, 0.2) is 0 Å². The second kappa shape index (κ2) is 10.9. The van der Waals surface area contributed by atoms with Crippen LogP contribution in [0.1, 0.15) is 18.4 Å². The lowest BCUT2D eigenvalue weighted by molar-refractivity contribution is 0.145. The molecule has 1 fully saturated rings. The molecule has 1 aliphatic heterocycles. The lowest BCUT2D eigenvalue weighted by atomic mass is 10.0. The van der Waals surface area contributed by atoms with E-state index in [4.69, 9.17) is 0 Å². The van der Waals surface area contributed by atoms with Gasteiger partial charge >= 0.3 is 0 Å². The maximum Gasteiger partial charge on any atom is 0.227 e. The molecule has 0 saturated carbocycles. The Morgan fingerprint density at radius 3 is 2.68 bits per heavy atom. The number of anilines is 4. The molecule has 1 aliphatic rings. The van der Waals surface area contributed by atoms with Gasteiger partial charge in [-0.3, -0.25) is 0 Å². The maximum absolute atomic E-state index is 9.77. The Labute approximate surface area is 200 Å². The zero-order valence-corrected chi connectivity index (χ0v) is 19.6. The number of aliphatic hydroxyl groups is 1. The summed E-state index contributed by atoms with van der Waals surface area (Å²) in [5, 5.41) is 26.0. The molecule has 9 nitrogen and oxygen atoms in total. The molecule has 4 rings (SSSR count). The third-order valence-corrected chi connectivity index (χ3v) is 5.76. The first kappa shape index (κ1) is 23.4. The van der Waals surface area contributed by atoms with Gasteiger partial charge in [0, 0.05) is 37.9 Å². The Morgan fingerprint density at radius 2 is 1.97 bits per heavy atom. The number of pyridine rings is 1. The van der Waals surface area contributed by atoms with Crippen LogP contribution < -0.4 is 15.5 Å². The van der Waals surface area contributed by atoms with Crippen molar-refractivity contribution in [1.29, 1.82) is 5.26 Å². The second-order valence-electron chi connectivity index (χ2n) is 8.61. The Hall–Kier alpha value is -3.74. The molecule has 0 radical (unpaired) electrons. The fraction of sp³-hybridized carbons (Fsp3) is 0.360. The number of aliphatic hydroxyl groups excluding tert-OH is 1. The van der Waals surface area contributed by atoms with Gasteiger partial charge in [0.25, 0.3) is 0 Å². The third-order valence-electron chi connectivity index (χ3n) is 5.76. The number of aromatic nitrogens is 3. The van der Waals surface area contributed by atoms with Gasteiger partial charge in [-0.2, -0.15) is 5.26 Å². The average molecular weight is 459 g/mol. The van der Waals surface area contributed by atoms with Crippen LogP contribution in [0.4, 0.5) is 23.1 Å². The molecule has 176 valence electrons. The number of hydrogen-bond donors (Lipinski definition) is 3. The van der Waals surface area contributed by atoms with Crippen LogP contribution in [0.3, 0.4) is 0 Å². The van der Waals surface area contributed by atoms with E-state index in [9.17, 15) is 10.4 Å². The van der Waals surface area contributed by atoms with Gasteiger partial charge in [-0.15, -0.1) is 0 Å². The van der Waals surface area contributed by atoms with Crippen LogP contribution in [0.15, 0.2) is 48.8 Å². The number of nitriles is 1. The Kier molecular flexibility index (Phi) is 7.52. The summed E-state index contributed by atoms with van der Waals surface area (Å²) in [6, 6.07) is 13.8. The Morgan fingerprint density at radius 1 is 1.15 bits per heavy atom. The highest BCUT2D eigenvalue weighted by molar-refractivity contribution is 5.70. The van der Waals surface area contributed by atoms with Crippen molar-refractivity contribution in [3.63, 3.8) is 0 Å². The smallest absolute Gasteiger partial charge is 0.227 e. The van der Waals surface area contributed by atoms with Crippen molar-refractivity contribution in [3.05, 3.63) is 54.4 Å². The van der Waals surface area contributed by atoms with Crippen LogP contribution in [-0.2, 0) is 0 Å². The Bertz CT molecular complexity index is 1130. The van der Waals surface area contributed by atoms with Gasteiger partial charge in [-0.1, -0.05) is 6.07 Å². The van der Waals surface area contributed by atoms with E-state index >= 15 is 0 Å². The monoisotopic (exact) mass is 458 g/mol. The van der Waals surface area contributed by atoms with Crippen LogP contribution >= 0.6 is 0 Å². The molecule has 3 N–H and O–H groups in total. The molecule has 34 heavy (non-hydrogen) atoms. The number of piperidine rings is 1. The molecule has 0 amide bonds. The maximum atomic E-state index is 9.77. The lowest BCUT2D eigenvalue weighted by Crippen LogP contribution is -2.36. The van der Waals surface area contributed by atoms with Crippen molar-refractivity contribution >= 4 is 23.1 Å². The summed E-state index contributed by atoms with van der Waals surface area (Å²) in [5.74, 6) is 1.27. The van der Waals surface area contributed by atoms with Crippen LogP contribution in [0.2, 0.25) is 0 Å². The third kappa shape index (κ3) is 5.98. The molecule has 9 heteroatoms. The molecule has 0 bridgehead atoms. The van der Waals surface area contributed by atoms with Crippen molar-refractivity contribution in [2.45, 2.75) is 18.9 Å². The zero-order valence-electron chi connectivity index (χ0n) is 19.6. The van der Waals surface area contributed by atoms with Gasteiger partial charge in [0.05, 0.1) is 34.9 Å². The highest BCUT2D eigenvalue weighted by Crippen LogP contribution is 2.29. The van der Waals surface area contributed by atoms with E-state index in [-0.39, 0.29) is 6.10 Å². The molecule has 2 aromatic heterocycles. The SMILES string of the molecule is CN(C)CCNc1ccc(Nc2nccc(-c3ccc(N4CCC(O)CC4)c(C#N)c3)n2)cn1. The predicted molar refractivity (Wildman–Crippen MR) is 134 cm³/mol. The van der Waals surface area contributed by atoms with Gasteiger partial charge in [-0.05, 0) is 57.3 Å². The molecule has 0 unspecified atom stereocenters. The van der Waals surface area contributed by atoms with E-state index in [1.807, 2.05) is 50.5 Å². The summed E-state index contributed by atoms with van der Waals surface area (Å²) in [7, 11) is 4.07. The summed E-state index contributed by atoms with van der Waals surface area (Å²) < 4.78 is 0. The highest BCUT2D eigenvalue weighted by Gasteiger charge is 2.20. The van der Waals surface area contributed by atoms with Gasteiger partial charge < -0.3 is 25.5 Å². The first-order valence-corrected chi connectivity index (χ1v) is 11.4. The predicted octanol–water partition coefficient (Wildman–Crippen LogP) is 3.09. The molecule has 3 aromatic rings. The summed E-state index contributed by atoms with van der Waals surface area (Å²) in [4.78, 5) is 17.7. The second-order valence-corrected chi connectivity index (χ2v) is 8.61. The normalized spacial score (nSPS) is 14.1. The molecule has 3 heterocycles. The first-order chi connectivity index (χ1) is 16.5. The van der Waals surface area contributed by atoms with Gasteiger partial charge in [0.1, 0.15) is 11.9 Å². The van der Waals surface area contributed by atoms with Crippen molar-refractivity contribution in [1.82, 2.24) is 19.9 Å². The molecule has 0 spiro atoms. The summed E-state index contributed by atoms with van der Waals surface area (Å²) >= 11 is 0. The van der Waals surface area contributed by atoms with Gasteiger partial charge in [-0.25, -0.2) is 15.0 Å². The number of likely N-dealkylation sites (N-methyl/N-ethyl adjacent to an activating group) is 1. The van der Waals surface area contributed by atoms with E-state index in [0.717, 1.165) is 67.5 Å². The molecule has 0 aliphatic carbocycles. The van der Waals surface area contributed by atoms with E-state index < -0.39 is 0 Å². The molecule has 0 atom stereocenters. The van der Waals surface area contributed by atoms with E-state index in [2.05, 4.69) is 41.5 Å². The highest BCUT2D eigenvalue weighted by atomic mass is 16.3. The van der Waals surface area contributed by atoms with E-state index in [1.54, 1.807) is 12.4 Å². The van der Waals surface area contributed by atoms with Crippen LogP contribution in [0.5, 0.6) is 0 Å². The fourth-order valence-electron chi connectivity index (χ4n) is 3.86. The Balaban J connectivity index is 1.45. The number of nitrogens with one attached hydrogen (secondary N) is 2. The summed E-state index contributed by atoms with van der Waals surface area (Å²) in [6.45, 7) is 3.24. The van der Waals surface area contributed by atoms with Gasteiger partial charge in [0.2, 0.25) is 5.95 Å². The van der Waals surface area contributed by atoms with Crippen LogP contribution in [0.25, 0.3) is 11.3 Å². The number of benzene rings is 1. The fourth-order valence-corrected chi connectivity index (χ4v) is 3.86. The van der Waals surface area contributed by atoms with E-state index in [0.29, 0.717) is 11.5 Å². The number of rotatable bonds is 8. The minimum atomic E-state index is -0.251. The van der Waals surface area contributed by atoms with Crippen LogP contribution in [0, 0.1) is 11.3 Å². The largest absolute Gasteiger partial charge is 0.393 e. The number of nitrogens with zero attached hydrogens (tertiary/aromatic N) is 6. The topological polar surface area (TPSA) is 113 Å². The molecule has 1 aromatic carbocycles. The standard InChI is InChI=1S/C25H30N8O/c1-32(2)14-11-27-24-6-4-20(17-29-24)30-25-28-10-7-22(31-25)18-3-5-23(19(15-18)16-26)33-12-8-21(34)9-13-33/h3-7,10,15,17,21,34H,8-9,11-14H2,1-2H3,(H,27,29)(H,28,30,31). The minimum absolute atomic E-state index is 0.251. The van der Waals surface area contributed by atoms with E-state index in [1.165, 1.54) is 0 Å². The number of hydrogen-bond acceptors (Lipinski definition) is 9. The molecular formula is C25H30N8O. The van der Waals surface area contributed by atoms with Crippen molar-refractivity contribution < 1.29 is 5.11 Å². The summed E-state index contributed by atoms with van der Waals surface area (Å²) in [5.41, 5.74) is 3.86. The first-order valence-electron chi connectivity index (χ1n) is 11.4. The van der Waals surface area contributed by atoms with Crippen LogP contribution in [-0.4, -0.2) is 71.3 Å². The van der Waals surface area contributed by atoms with Crippen molar-refractivity contribution in [2.75, 3.05) is 55.8 Å². The zero-order chi connectivity index (χ0) is 23.9. The van der Waals surface area contributed by atoms with Crippen molar-refractivity contribution in [2.24, 2.45) is 0 Å². The quantitative estimate of drug-likeness (QED) is 0.468. The summed E-state index contributed by atoms with van der Waals surface area (Å²) in [6.07, 6.45) is 4.62. The molecular weight excluding hydrogens is 428 g/mol. The molecule has 1 saturated heterocycles. The lowest BCUT2D eigenvalue weighted by Gasteiger charge is -2.32. The average Bonchev–Trinajstić information content (AvgIpc) is 2.85.